The van der Waals surface area contributed by atoms with E-state index >= 15 is 0 Å². The maximum Gasteiger partial charge on any atom is -0.00255 e. The Morgan fingerprint density at radius 1 is 0.793 bits per heavy atom. The van der Waals surface area contributed by atoms with Gasteiger partial charge in [0.1, 0.15) is 0 Å². The molecular formula is C29H36. The number of allylic oxidation sites excluding steroid dienone is 4. The van der Waals surface area contributed by atoms with E-state index < -0.39 is 0 Å². The third-order valence-electron chi connectivity index (χ3n) is 6.92. The molecule has 0 saturated heterocycles. The predicted molar refractivity (Wildman–Crippen MR) is 126 cm³/mol. The van der Waals surface area contributed by atoms with E-state index in [-0.39, 0.29) is 0 Å². The molecule has 0 heteroatoms. The molecule has 1 fully saturated rings. The highest BCUT2D eigenvalue weighted by Crippen LogP contribution is 2.33. The second-order valence-electron chi connectivity index (χ2n) is 9.46. The summed E-state index contributed by atoms with van der Waals surface area (Å²) in [7, 11) is 0. The summed E-state index contributed by atoms with van der Waals surface area (Å²) < 4.78 is 0. The first-order chi connectivity index (χ1) is 14.2. The summed E-state index contributed by atoms with van der Waals surface area (Å²) in [6.07, 6.45) is 16.5. The maximum absolute atomic E-state index is 2.46. The van der Waals surface area contributed by atoms with Crippen molar-refractivity contribution < 1.29 is 0 Å². The zero-order valence-electron chi connectivity index (χ0n) is 18.3. The Balaban J connectivity index is 1.37. The van der Waals surface area contributed by atoms with Crippen LogP contribution in [-0.4, -0.2) is 0 Å². The van der Waals surface area contributed by atoms with Crippen LogP contribution in [0, 0.1) is 11.8 Å². The van der Waals surface area contributed by atoms with Gasteiger partial charge in [-0.25, -0.2) is 0 Å². The molecule has 0 unspecified atom stereocenters. The first-order valence-electron chi connectivity index (χ1n) is 11.7. The molecule has 4 rings (SSSR count). The van der Waals surface area contributed by atoms with E-state index in [4.69, 9.17) is 0 Å². The van der Waals surface area contributed by atoms with Crippen LogP contribution in [0.25, 0.3) is 5.57 Å². The second kappa shape index (κ2) is 9.61. The van der Waals surface area contributed by atoms with Crippen LogP contribution in [0.4, 0.5) is 0 Å². The Kier molecular flexibility index (Phi) is 6.70. The van der Waals surface area contributed by atoms with Gasteiger partial charge in [-0.05, 0) is 78.7 Å². The Labute approximate surface area is 177 Å². The fourth-order valence-electron chi connectivity index (χ4n) is 5.31. The fraction of sp³-hybridized carbons (Fsp3) is 0.448. The summed E-state index contributed by atoms with van der Waals surface area (Å²) in [6.45, 7) is 4.55. The van der Waals surface area contributed by atoms with Gasteiger partial charge in [-0.15, -0.1) is 0 Å². The van der Waals surface area contributed by atoms with Gasteiger partial charge >= 0.3 is 0 Å². The molecule has 0 N–H and O–H groups in total. The van der Waals surface area contributed by atoms with Gasteiger partial charge < -0.3 is 0 Å². The molecule has 0 aliphatic heterocycles. The molecule has 2 aromatic rings. The summed E-state index contributed by atoms with van der Waals surface area (Å²) in [6, 6.07) is 18.5. The average Bonchev–Trinajstić information content (AvgIpc) is 3.17. The molecule has 0 radical (unpaired) electrons. The minimum Gasteiger partial charge on any atom is -0.0689 e. The van der Waals surface area contributed by atoms with Crippen LogP contribution in [-0.2, 0) is 12.8 Å². The zero-order chi connectivity index (χ0) is 20.1. The highest BCUT2D eigenvalue weighted by molar-refractivity contribution is 5.72. The van der Waals surface area contributed by atoms with Crippen LogP contribution in [0.2, 0.25) is 0 Å². The Bertz CT molecular complexity index is 874. The van der Waals surface area contributed by atoms with Crippen molar-refractivity contribution in [3.8, 4) is 0 Å². The van der Waals surface area contributed by atoms with Gasteiger partial charge in [0.25, 0.3) is 0 Å². The van der Waals surface area contributed by atoms with Crippen molar-refractivity contribution in [2.75, 3.05) is 0 Å². The molecule has 0 amide bonds. The summed E-state index contributed by atoms with van der Waals surface area (Å²) >= 11 is 0. The highest BCUT2D eigenvalue weighted by Gasteiger charge is 2.20. The molecule has 2 aliphatic rings. The van der Waals surface area contributed by atoms with Crippen molar-refractivity contribution in [2.45, 2.75) is 71.6 Å². The van der Waals surface area contributed by atoms with Crippen molar-refractivity contribution in [1.29, 1.82) is 0 Å². The maximum atomic E-state index is 2.46. The topological polar surface area (TPSA) is 0 Å². The average molecular weight is 385 g/mol. The summed E-state index contributed by atoms with van der Waals surface area (Å²) in [4.78, 5) is 0. The number of hydrogen-bond donors (Lipinski definition) is 0. The molecule has 2 aromatic carbocycles. The molecule has 0 nitrogen and oxygen atoms in total. The van der Waals surface area contributed by atoms with Gasteiger partial charge in [-0.3, -0.25) is 0 Å². The third kappa shape index (κ3) is 5.50. The Hall–Kier alpha value is -2.08. The molecule has 1 saturated carbocycles. The van der Waals surface area contributed by atoms with Crippen LogP contribution >= 0.6 is 0 Å². The number of rotatable bonds is 7. The van der Waals surface area contributed by atoms with E-state index in [9.17, 15) is 0 Å². The van der Waals surface area contributed by atoms with Crippen LogP contribution in [0.5, 0.6) is 0 Å². The molecule has 0 heterocycles. The summed E-state index contributed by atoms with van der Waals surface area (Å²) in [5.74, 6) is 1.90. The van der Waals surface area contributed by atoms with Crippen molar-refractivity contribution >= 4 is 5.57 Å². The lowest BCUT2D eigenvalue weighted by Gasteiger charge is -2.28. The SMILES string of the molecule is CCCC1CCC(Cc2cccc(Cc3cccc(C4=CC=C(C)C4)c3)c2)CC1. The molecule has 152 valence electrons. The van der Waals surface area contributed by atoms with Crippen molar-refractivity contribution in [3.05, 3.63) is 88.5 Å². The minimum atomic E-state index is 0.895. The zero-order valence-corrected chi connectivity index (χ0v) is 18.3. The monoisotopic (exact) mass is 384 g/mol. The number of hydrogen-bond acceptors (Lipinski definition) is 0. The fourth-order valence-corrected chi connectivity index (χ4v) is 5.31. The minimum absolute atomic E-state index is 0.895. The molecular weight excluding hydrogens is 348 g/mol. The lowest BCUT2D eigenvalue weighted by molar-refractivity contribution is 0.261. The Morgan fingerprint density at radius 2 is 1.48 bits per heavy atom. The number of benzene rings is 2. The van der Waals surface area contributed by atoms with E-state index in [1.807, 2.05) is 0 Å². The van der Waals surface area contributed by atoms with Gasteiger partial charge in [-0.2, -0.15) is 0 Å². The van der Waals surface area contributed by atoms with Crippen molar-refractivity contribution in [2.24, 2.45) is 11.8 Å². The van der Waals surface area contributed by atoms with Gasteiger partial charge in [0.15, 0.2) is 0 Å². The highest BCUT2D eigenvalue weighted by atomic mass is 14.3. The van der Waals surface area contributed by atoms with Crippen LogP contribution in [0.3, 0.4) is 0 Å². The molecule has 0 spiro atoms. The lowest BCUT2D eigenvalue weighted by atomic mass is 9.77. The first kappa shape index (κ1) is 20.2. The molecule has 29 heavy (non-hydrogen) atoms. The van der Waals surface area contributed by atoms with Gasteiger partial charge in [0, 0.05) is 0 Å². The molecule has 0 aromatic heterocycles. The third-order valence-corrected chi connectivity index (χ3v) is 6.92. The van der Waals surface area contributed by atoms with E-state index in [1.165, 1.54) is 78.3 Å². The van der Waals surface area contributed by atoms with Crippen molar-refractivity contribution in [3.63, 3.8) is 0 Å². The van der Waals surface area contributed by atoms with E-state index in [0.717, 1.165) is 24.7 Å². The summed E-state index contributed by atoms with van der Waals surface area (Å²) in [5.41, 5.74) is 8.71. The van der Waals surface area contributed by atoms with Crippen LogP contribution in [0.1, 0.15) is 81.0 Å². The standard InChI is InChI=1S/C29H36/c1-3-6-23-12-14-24(15-13-23)18-25-7-4-8-26(19-25)20-27-9-5-10-28(21-27)29-16-11-22(2)17-29/h4-5,7-11,16,19,21,23-24H,3,6,12-15,17-18,20H2,1-2H3. The molecule has 2 aliphatic carbocycles. The van der Waals surface area contributed by atoms with Gasteiger partial charge in [-0.1, -0.05) is 98.9 Å². The second-order valence-corrected chi connectivity index (χ2v) is 9.46. The quantitative estimate of drug-likeness (QED) is 0.451. The lowest BCUT2D eigenvalue weighted by Crippen LogP contribution is -2.16. The van der Waals surface area contributed by atoms with E-state index in [1.54, 1.807) is 0 Å². The van der Waals surface area contributed by atoms with Crippen molar-refractivity contribution in [1.82, 2.24) is 0 Å². The predicted octanol–water partition coefficient (Wildman–Crippen LogP) is 8.16. The van der Waals surface area contributed by atoms with Gasteiger partial charge in [0.05, 0.1) is 0 Å². The van der Waals surface area contributed by atoms with E-state index in [0.29, 0.717) is 0 Å². The summed E-state index contributed by atoms with van der Waals surface area (Å²) in [5, 5.41) is 0. The Morgan fingerprint density at radius 3 is 2.21 bits per heavy atom. The normalized spacial score (nSPS) is 21.7. The smallest absolute Gasteiger partial charge is 0.00255 e. The van der Waals surface area contributed by atoms with Gasteiger partial charge in [0.2, 0.25) is 0 Å². The molecule has 0 bridgehead atoms. The first-order valence-corrected chi connectivity index (χ1v) is 11.7. The van der Waals surface area contributed by atoms with Crippen LogP contribution in [0.15, 0.2) is 66.3 Å². The molecule has 0 atom stereocenters. The van der Waals surface area contributed by atoms with E-state index in [2.05, 4.69) is 74.5 Å². The van der Waals surface area contributed by atoms with Crippen LogP contribution < -0.4 is 0 Å². The largest absolute Gasteiger partial charge is 0.0689 e.